The van der Waals surface area contributed by atoms with Crippen molar-refractivity contribution in [3.05, 3.63) is 45.8 Å². The summed E-state index contributed by atoms with van der Waals surface area (Å²) >= 11 is 0. The molecule has 1 aromatic heterocycles. The number of rotatable bonds is 5. The molecule has 0 radical (unpaired) electrons. The molecule has 3 N–H and O–H groups in total. The second-order valence-corrected chi connectivity index (χ2v) is 4.50. The lowest BCUT2D eigenvalue weighted by Crippen LogP contribution is -2.32. The van der Waals surface area contributed by atoms with Crippen LogP contribution in [0.2, 0.25) is 0 Å². The zero-order valence-electron chi connectivity index (χ0n) is 11.1. The van der Waals surface area contributed by atoms with Crippen molar-refractivity contribution in [2.24, 2.45) is 5.73 Å². The average Bonchev–Trinajstić information content (AvgIpc) is 2.86. The van der Waals surface area contributed by atoms with E-state index in [1.165, 1.54) is 16.9 Å². The molecule has 0 aliphatic carbocycles. The van der Waals surface area contributed by atoms with Gasteiger partial charge in [-0.1, -0.05) is 17.3 Å². The summed E-state index contributed by atoms with van der Waals surface area (Å²) in [4.78, 5) is 21.3. The normalized spacial score (nSPS) is 12.1. The molecule has 1 heterocycles. The van der Waals surface area contributed by atoms with E-state index in [0.29, 0.717) is 16.9 Å². The average molecular weight is 291 g/mol. The van der Waals surface area contributed by atoms with Gasteiger partial charge in [0.2, 0.25) is 0 Å². The van der Waals surface area contributed by atoms with E-state index < -0.39 is 16.9 Å². The molecule has 21 heavy (non-hydrogen) atoms. The maximum absolute atomic E-state index is 11.1. The van der Waals surface area contributed by atoms with Crippen molar-refractivity contribution in [2.45, 2.75) is 19.4 Å². The highest BCUT2D eigenvalue weighted by Crippen LogP contribution is 2.25. The van der Waals surface area contributed by atoms with E-state index >= 15 is 0 Å². The molecule has 0 aliphatic rings. The van der Waals surface area contributed by atoms with Crippen molar-refractivity contribution in [3.8, 4) is 5.69 Å². The zero-order chi connectivity index (χ0) is 15.6. The molecule has 1 atom stereocenters. The van der Waals surface area contributed by atoms with Crippen molar-refractivity contribution in [2.75, 3.05) is 0 Å². The van der Waals surface area contributed by atoms with Crippen LogP contribution in [0.4, 0.5) is 5.69 Å². The third-order valence-corrected chi connectivity index (χ3v) is 2.93. The molecular weight excluding hydrogens is 278 g/mol. The van der Waals surface area contributed by atoms with Crippen LogP contribution >= 0.6 is 0 Å². The lowest BCUT2D eigenvalue weighted by Gasteiger charge is -2.05. The molecule has 9 heteroatoms. The first-order valence-electron chi connectivity index (χ1n) is 6.04. The van der Waals surface area contributed by atoms with Gasteiger partial charge in [0.25, 0.3) is 5.69 Å². The fourth-order valence-corrected chi connectivity index (χ4v) is 1.90. The monoisotopic (exact) mass is 291 g/mol. The Bertz CT molecular complexity index is 697. The summed E-state index contributed by atoms with van der Waals surface area (Å²) in [6.07, 6.45) is 1.44. The molecule has 110 valence electrons. The first kappa shape index (κ1) is 14.6. The summed E-state index contributed by atoms with van der Waals surface area (Å²) in [6, 6.07) is 3.57. The van der Waals surface area contributed by atoms with E-state index in [4.69, 9.17) is 10.8 Å². The zero-order valence-corrected chi connectivity index (χ0v) is 11.1. The van der Waals surface area contributed by atoms with E-state index in [0.717, 1.165) is 0 Å². The van der Waals surface area contributed by atoms with Crippen molar-refractivity contribution in [3.63, 3.8) is 0 Å². The van der Waals surface area contributed by atoms with Crippen LogP contribution in [0.5, 0.6) is 0 Å². The van der Waals surface area contributed by atoms with E-state index in [1.54, 1.807) is 19.1 Å². The third-order valence-electron chi connectivity index (χ3n) is 2.93. The molecule has 2 aromatic rings. The second-order valence-electron chi connectivity index (χ2n) is 4.50. The van der Waals surface area contributed by atoms with Crippen LogP contribution in [0.1, 0.15) is 11.3 Å². The van der Waals surface area contributed by atoms with Crippen molar-refractivity contribution in [1.82, 2.24) is 15.0 Å². The molecule has 0 spiro atoms. The number of aromatic nitrogens is 3. The van der Waals surface area contributed by atoms with Crippen molar-refractivity contribution in [1.29, 1.82) is 0 Å². The minimum Gasteiger partial charge on any atom is -0.480 e. The fraction of sp³-hybridized carbons (Fsp3) is 0.250. The van der Waals surface area contributed by atoms with Crippen LogP contribution < -0.4 is 5.73 Å². The van der Waals surface area contributed by atoms with Gasteiger partial charge in [-0.05, 0) is 12.5 Å². The van der Waals surface area contributed by atoms with Crippen LogP contribution in [-0.4, -0.2) is 37.0 Å². The van der Waals surface area contributed by atoms with Gasteiger partial charge < -0.3 is 10.8 Å². The first-order chi connectivity index (χ1) is 9.90. The molecule has 0 amide bonds. The lowest BCUT2D eigenvalue weighted by molar-refractivity contribution is -0.384. The number of aliphatic carboxylic acids is 1. The van der Waals surface area contributed by atoms with Gasteiger partial charge in [-0.25, -0.2) is 4.68 Å². The topological polar surface area (TPSA) is 137 Å². The Labute approximate surface area is 119 Å². The number of carboxylic acids is 1. The molecular formula is C12H13N5O4. The number of para-hydroxylation sites is 1. The van der Waals surface area contributed by atoms with E-state index in [2.05, 4.69) is 10.3 Å². The van der Waals surface area contributed by atoms with E-state index in [-0.39, 0.29) is 12.1 Å². The van der Waals surface area contributed by atoms with Gasteiger partial charge in [0.15, 0.2) is 0 Å². The molecule has 0 bridgehead atoms. The minimum absolute atomic E-state index is 0.00495. The Balaban J connectivity index is 2.38. The van der Waals surface area contributed by atoms with E-state index in [9.17, 15) is 14.9 Å². The predicted molar refractivity (Wildman–Crippen MR) is 72.1 cm³/mol. The number of nitrogens with two attached hydrogens (primary N) is 1. The number of hydrogen-bond acceptors (Lipinski definition) is 6. The number of nitro benzene ring substituents is 1. The van der Waals surface area contributed by atoms with Gasteiger partial charge in [0.1, 0.15) is 11.7 Å². The maximum atomic E-state index is 11.1. The number of carboxylic acid groups (broad SMARTS) is 1. The molecule has 2 rings (SSSR count). The Kier molecular flexibility index (Phi) is 3.94. The summed E-state index contributed by atoms with van der Waals surface area (Å²) in [5.74, 6) is -1.15. The van der Waals surface area contributed by atoms with Gasteiger partial charge in [0, 0.05) is 12.5 Å². The highest BCUT2D eigenvalue weighted by Gasteiger charge is 2.20. The van der Waals surface area contributed by atoms with Crippen LogP contribution in [0.25, 0.3) is 5.69 Å². The van der Waals surface area contributed by atoms with E-state index in [1.807, 2.05) is 0 Å². The second kappa shape index (κ2) is 5.67. The number of nitro groups is 1. The van der Waals surface area contributed by atoms with Gasteiger partial charge in [-0.3, -0.25) is 14.9 Å². The number of benzene rings is 1. The molecule has 1 aromatic carbocycles. The quantitative estimate of drug-likeness (QED) is 0.602. The maximum Gasteiger partial charge on any atom is 0.320 e. The Morgan fingerprint density at radius 3 is 2.90 bits per heavy atom. The first-order valence-corrected chi connectivity index (χ1v) is 6.04. The predicted octanol–water partition coefficient (Wildman–Crippen LogP) is 0.438. The molecule has 0 fully saturated rings. The van der Waals surface area contributed by atoms with Gasteiger partial charge in [-0.15, -0.1) is 5.10 Å². The Morgan fingerprint density at radius 1 is 1.57 bits per heavy atom. The Morgan fingerprint density at radius 2 is 2.29 bits per heavy atom. The number of aryl methyl sites for hydroxylation is 1. The van der Waals surface area contributed by atoms with Crippen LogP contribution in [0.3, 0.4) is 0 Å². The molecule has 0 saturated carbocycles. The van der Waals surface area contributed by atoms with Crippen molar-refractivity contribution >= 4 is 11.7 Å². The highest BCUT2D eigenvalue weighted by molar-refractivity contribution is 5.73. The molecule has 1 unspecified atom stereocenters. The summed E-state index contributed by atoms with van der Waals surface area (Å²) < 4.78 is 1.26. The largest absolute Gasteiger partial charge is 0.480 e. The van der Waals surface area contributed by atoms with Crippen molar-refractivity contribution < 1.29 is 14.8 Å². The lowest BCUT2D eigenvalue weighted by atomic mass is 10.1. The minimum atomic E-state index is -1.15. The summed E-state index contributed by atoms with van der Waals surface area (Å²) in [6.45, 7) is 1.71. The number of nitrogens with zero attached hydrogens (tertiary/aromatic N) is 4. The summed E-state index contributed by atoms with van der Waals surface area (Å²) in [5.41, 5.74) is 6.62. The number of hydrogen-bond donors (Lipinski definition) is 2. The van der Waals surface area contributed by atoms with Gasteiger partial charge >= 0.3 is 5.97 Å². The van der Waals surface area contributed by atoms with Gasteiger partial charge in [-0.2, -0.15) is 0 Å². The molecule has 0 saturated heterocycles. The number of carbonyl (C=O) groups is 1. The van der Waals surface area contributed by atoms with Crippen LogP contribution in [0, 0.1) is 17.0 Å². The summed E-state index contributed by atoms with van der Waals surface area (Å²) in [7, 11) is 0. The highest BCUT2D eigenvalue weighted by atomic mass is 16.6. The SMILES string of the molecule is Cc1cccc([N+](=O)[O-])c1-n1cc(CC(N)C(=O)O)nn1. The van der Waals surface area contributed by atoms with Crippen LogP contribution in [-0.2, 0) is 11.2 Å². The van der Waals surface area contributed by atoms with Crippen LogP contribution in [0.15, 0.2) is 24.4 Å². The fourth-order valence-electron chi connectivity index (χ4n) is 1.90. The summed E-state index contributed by atoms with van der Waals surface area (Å²) in [5, 5.41) is 27.4. The smallest absolute Gasteiger partial charge is 0.320 e. The Hall–Kier alpha value is -2.81. The molecule has 0 aliphatic heterocycles. The standard InChI is InChI=1S/C12H13N5O4/c1-7-3-2-4-10(17(20)21)11(7)16-6-8(14-15-16)5-9(13)12(18)19/h2-4,6,9H,5,13H2,1H3,(H,18,19). The van der Waals surface area contributed by atoms with Gasteiger partial charge in [0.05, 0.1) is 16.8 Å². The molecule has 9 nitrogen and oxygen atoms in total. The third kappa shape index (κ3) is 3.03.